The largest absolute Gasteiger partial charge is 0.400 e. The van der Waals surface area contributed by atoms with Gasteiger partial charge >= 0.3 is 5.69 Å². The summed E-state index contributed by atoms with van der Waals surface area (Å²) in [6, 6.07) is 0. The maximum absolute atomic E-state index is 11.9. The zero-order valence-electron chi connectivity index (χ0n) is 14.5. The molecule has 1 aliphatic rings. The molecule has 0 spiro atoms. The Morgan fingerprint density at radius 1 is 1.64 bits per heavy atom. The van der Waals surface area contributed by atoms with Crippen LogP contribution in [0.2, 0.25) is 0 Å². The van der Waals surface area contributed by atoms with Gasteiger partial charge in [-0.1, -0.05) is 6.92 Å². The molecule has 9 nitrogen and oxygen atoms in total. The maximum atomic E-state index is 11.9. The minimum absolute atomic E-state index is 0.150. The molecule has 0 aromatic carbocycles. The first-order valence-corrected chi connectivity index (χ1v) is 6.51. The molecule has 0 bridgehead atoms. The number of hydrogen-bond donors (Lipinski definition) is 4. The van der Waals surface area contributed by atoms with E-state index in [2.05, 4.69) is 15.4 Å². The van der Waals surface area contributed by atoms with Crippen molar-refractivity contribution >= 4 is 5.91 Å². The normalized spacial score (nSPS) is 28.2. The van der Waals surface area contributed by atoms with Crippen molar-refractivity contribution in [3.63, 3.8) is 0 Å². The number of aliphatic hydroxyl groups excluding tert-OH is 2. The summed E-state index contributed by atoms with van der Waals surface area (Å²) < 4.78 is 19.6. The van der Waals surface area contributed by atoms with Crippen LogP contribution in [0.15, 0.2) is 15.8 Å². The molecule has 2 rings (SSSR count). The van der Waals surface area contributed by atoms with Gasteiger partial charge in [-0.15, -0.1) is 0 Å². The highest BCUT2D eigenvalue weighted by molar-refractivity contribution is 5.93. The third-order valence-corrected chi connectivity index (χ3v) is 3.40. The Morgan fingerprint density at radius 2 is 2.27 bits per heavy atom. The molecule has 0 saturated carbocycles. The highest BCUT2D eigenvalue weighted by Crippen LogP contribution is 2.33. The predicted octanol–water partition coefficient (Wildman–Crippen LogP) is -1.58. The quantitative estimate of drug-likeness (QED) is 0.520. The molecule has 4 atom stereocenters. The number of amides is 1. The van der Waals surface area contributed by atoms with Crippen molar-refractivity contribution in [1.82, 2.24) is 14.9 Å². The van der Waals surface area contributed by atoms with E-state index in [1.807, 2.05) is 0 Å². The average Bonchev–Trinajstić information content (AvgIpc) is 2.83. The number of aromatic nitrogens is 2. The van der Waals surface area contributed by atoms with Crippen LogP contribution in [0.25, 0.3) is 0 Å². The molecule has 22 heavy (non-hydrogen) atoms. The SMILES string of the molecule is [2H]C[C@H]1O[C@@H](n2cc(C(=O)NC)c(=O)[nH]c2=O)[C@@H](C)C1O.[3H]OC. The van der Waals surface area contributed by atoms with Gasteiger partial charge in [0.15, 0.2) is 0 Å². The van der Waals surface area contributed by atoms with Crippen LogP contribution in [0, 0.1) is 5.92 Å². The van der Waals surface area contributed by atoms with Gasteiger partial charge in [0.2, 0.25) is 1.43 Å². The Morgan fingerprint density at radius 3 is 2.77 bits per heavy atom. The van der Waals surface area contributed by atoms with Crippen LogP contribution in [0.1, 0.15) is 31.8 Å². The van der Waals surface area contributed by atoms with Crippen LogP contribution in [-0.4, -0.2) is 53.5 Å². The molecule has 4 N–H and O–H groups in total. The number of aliphatic hydroxyl groups is 2. The van der Waals surface area contributed by atoms with Crippen molar-refractivity contribution in [2.75, 3.05) is 14.2 Å². The molecule has 124 valence electrons. The fourth-order valence-corrected chi connectivity index (χ4v) is 2.18. The Labute approximate surface area is 129 Å². The maximum Gasteiger partial charge on any atom is 0.330 e. The fraction of sp³-hybridized carbons (Fsp3) is 0.615. The standard InChI is InChI=1S/C12H17N3O5.CH4O/c1-5-8(16)6(2)20-11(5)15-4-7(9(17)13-3)10(18)14-12(15)19;1-2/h4-6,8,11,16H,1-3H3,(H,13,17)(H,14,18,19);2H,1H3/t5-,6+,8?,11+;/m0./s1/i2D;2T. The second kappa shape index (κ2) is 7.34. The van der Waals surface area contributed by atoms with E-state index < -0.39 is 41.5 Å². The summed E-state index contributed by atoms with van der Waals surface area (Å²) in [7, 11) is 2.66. The van der Waals surface area contributed by atoms with E-state index in [0.717, 1.165) is 10.8 Å². The highest BCUT2D eigenvalue weighted by Gasteiger charge is 2.40. The first-order valence-electron chi connectivity index (χ1n) is 7.63. The number of ether oxygens (including phenoxy) is 1. The van der Waals surface area contributed by atoms with Crippen molar-refractivity contribution in [2.24, 2.45) is 5.92 Å². The van der Waals surface area contributed by atoms with Crippen LogP contribution in [0.5, 0.6) is 0 Å². The van der Waals surface area contributed by atoms with Gasteiger partial charge in [0.25, 0.3) is 11.5 Å². The molecule has 1 amide bonds. The molecule has 1 fully saturated rings. The summed E-state index contributed by atoms with van der Waals surface area (Å²) in [4.78, 5) is 37.2. The van der Waals surface area contributed by atoms with E-state index in [-0.39, 0.29) is 12.5 Å². The number of carbonyl (C=O) groups excluding carboxylic acids is 1. The lowest BCUT2D eigenvalue weighted by Crippen LogP contribution is -2.38. The lowest BCUT2D eigenvalue weighted by Gasteiger charge is -2.18. The van der Waals surface area contributed by atoms with Gasteiger partial charge in [-0.2, -0.15) is 0 Å². The van der Waals surface area contributed by atoms with Crippen molar-refractivity contribution in [3.05, 3.63) is 32.6 Å². The summed E-state index contributed by atoms with van der Waals surface area (Å²) in [5, 5.41) is 15.8. The summed E-state index contributed by atoms with van der Waals surface area (Å²) in [6.07, 6.45) is -1.34. The molecule has 1 aromatic rings. The molecule has 1 saturated heterocycles. The number of nitrogens with one attached hydrogen (secondary N) is 2. The van der Waals surface area contributed by atoms with E-state index in [4.69, 9.17) is 7.54 Å². The molecular weight excluding hydrogens is 294 g/mol. The highest BCUT2D eigenvalue weighted by atomic mass is 16.5. The van der Waals surface area contributed by atoms with E-state index in [1.54, 1.807) is 6.92 Å². The van der Waals surface area contributed by atoms with Crippen molar-refractivity contribution in [3.8, 4) is 0 Å². The Kier molecular flexibility index (Phi) is 4.99. The summed E-state index contributed by atoms with van der Waals surface area (Å²) >= 11 is 0. The summed E-state index contributed by atoms with van der Waals surface area (Å²) in [5.41, 5.74) is -1.75. The second-order valence-electron chi connectivity index (χ2n) is 4.70. The van der Waals surface area contributed by atoms with E-state index in [9.17, 15) is 19.5 Å². The topological polar surface area (TPSA) is 134 Å². The molecule has 0 aliphatic carbocycles. The van der Waals surface area contributed by atoms with Crippen LogP contribution in [-0.2, 0) is 4.74 Å². The monoisotopic (exact) mass is 318 g/mol. The number of rotatable bonds is 2. The average molecular weight is 318 g/mol. The third-order valence-electron chi connectivity index (χ3n) is 3.40. The van der Waals surface area contributed by atoms with Crippen molar-refractivity contribution in [2.45, 2.75) is 32.3 Å². The first kappa shape index (κ1) is 14.9. The Hall–Kier alpha value is -1.97. The minimum Gasteiger partial charge on any atom is -0.400 e. The van der Waals surface area contributed by atoms with Crippen molar-refractivity contribution in [1.29, 1.82) is 1.43 Å². The number of hydrogen-bond acceptors (Lipinski definition) is 6. The third kappa shape index (κ3) is 3.26. The number of H-pyrrole nitrogens is 1. The Bertz CT molecular complexity index is 676. The molecule has 2 heterocycles. The zero-order chi connectivity index (χ0) is 18.4. The van der Waals surface area contributed by atoms with Crippen LogP contribution < -0.4 is 16.6 Å². The number of nitrogens with zero attached hydrogens (tertiary/aromatic N) is 1. The van der Waals surface area contributed by atoms with Gasteiger partial charge in [-0.25, -0.2) is 4.79 Å². The number of aromatic amines is 1. The van der Waals surface area contributed by atoms with E-state index in [0.29, 0.717) is 0 Å². The van der Waals surface area contributed by atoms with Crippen LogP contribution >= 0.6 is 0 Å². The Balaban J connectivity index is 0.000000891. The van der Waals surface area contributed by atoms with Crippen LogP contribution in [0.4, 0.5) is 0 Å². The summed E-state index contributed by atoms with van der Waals surface area (Å²) in [5.74, 6) is -1.09. The fourth-order valence-electron chi connectivity index (χ4n) is 2.18. The molecule has 9 heteroatoms. The molecular formula is C13H21N3O6. The lowest BCUT2D eigenvalue weighted by atomic mass is 10.0. The molecule has 1 aliphatic heterocycles. The molecule has 1 aromatic heterocycles. The van der Waals surface area contributed by atoms with Gasteiger partial charge in [0.05, 0.1) is 12.2 Å². The van der Waals surface area contributed by atoms with Gasteiger partial charge in [0.1, 0.15) is 11.8 Å². The van der Waals surface area contributed by atoms with Gasteiger partial charge in [-0.3, -0.25) is 19.1 Å². The predicted molar refractivity (Wildman–Crippen MR) is 77.6 cm³/mol. The van der Waals surface area contributed by atoms with Gasteiger partial charge in [0, 0.05) is 27.6 Å². The minimum atomic E-state index is -0.894. The van der Waals surface area contributed by atoms with Crippen molar-refractivity contribution < 1.29 is 21.1 Å². The van der Waals surface area contributed by atoms with Crippen LogP contribution in [0.3, 0.4) is 0 Å². The first-order chi connectivity index (χ1) is 11.3. The summed E-state index contributed by atoms with van der Waals surface area (Å²) in [6.45, 7) is 1.52. The lowest BCUT2D eigenvalue weighted by molar-refractivity contribution is -0.0143. The van der Waals surface area contributed by atoms with E-state index >= 15 is 0 Å². The second-order valence-corrected chi connectivity index (χ2v) is 4.70. The molecule has 0 radical (unpaired) electrons. The van der Waals surface area contributed by atoms with Gasteiger partial charge < -0.3 is 20.3 Å². The molecule has 1 unspecified atom stereocenters. The number of carbonyl (C=O) groups is 1. The van der Waals surface area contributed by atoms with Gasteiger partial charge in [-0.05, 0) is 6.90 Å². The smallest absolute Gasteiger partial charge is 0.330 e. The van der Waals surface area contributed by atoms with E-state index in [1.165, 1.54) is 14.2 Å². The zero-order valence-corrected chi connectivity index (χ0v) is 12.5.